The van der Waals surface area contributed by atoms with Crippen LogP contribution in [0, 0.1) is 0 Å². The predicted molar refractivity (Wildman–Crippen MR) is 207 cm³/mol. The molecule has 2 aliphatic heterocycles. The van der Waals surface area contributed by atoms with E-state index in [0.717, 1.165) is 53.7 Å². The van der Waals surface area contributed by atoms with E-state index in [9.17, 15) is 34.5 Å². The molecule has 55 heavy (non-hydrogen) atoms. The van der Waals surface area contributed by atoms with E-state index in [1.807, 2.05) is 72.8 Å². The molecule has 0 fully saturated rings. The number of hydrogen-bond donors (Lipinski definition) is 4. The van der Waals surface area contributed by atoms with Crippen molar-refractivity contribution in [2.24, 2.45) is 9.98 Å². The number of carbonyl (C=O) groups is 4. The zero-order valence-corrected chi connectivity index (χ0v) is 30.2. The summed E-state index contributed by atoms with van der Waals surface area (Å²) in [5, 5.41) is 39.8. The molecule has 0 radical (unpaired) electrons. The number of quaternary nitrogens is 1. The Kier molecular flexibility index (Phi) is 10.8. The Morgan fingerprint density at radius 3 is 1.29 bits per heavy atom. The number of aromatic nitrogens is 2. The van der Waals surface area contributed by atoms with Crippen LogP contribution in [-0.2, 0) is 0 Å². The molecule has 4 aliphatic rings. The number of para-hydroxylation sites is 2. The van der Waals surface area contributed by atoms with Crippen LogP contribution in [0.1, 0.15) is 41.4 Å². The second-order valence-corrected chi connectivity index (χ2v) is 13.8. The maximum atomic E-state index is 11.2. The third kappa shape index (κ3) is 8.55. The van der Waals surface area contributed by atoms with Crippen molar-refractivity contribution < 1.29 is 39.6 Å². The second-order valence-electron chi connectivity index (χ2n) is 11.6. The molecule has 7 N–H and O–H groups in total. The van der Waals surface area contributed by atoms with E-state index in [1.54, 1.807) is 34.8 Å². The van der Waals surface area contributed by atoms with Crippen LogP contribution < -0.4 is 22.0 Å². The number of hydrogen-bond acceptors (Lipinski definition) is 11. The van der Waals surface area contributed by atoms with E-state index in [-0.39, 0.29) is 39.8 Å². The monoisotopic (exact) mass is 769 g/mol. The number of nitrogens with zero attached hydrogens (tertiary/aromatic N) is 4. The van der Waals surface area contributed by atoms with Gasteiger partial charge in [0.1, 0.15) is 0 Å². The normalized spacial score (nSPS) is 11.6. The Labute approximate surface area is 318 Å². The summed E-state index contributed by atoms with van der Waals surface area (Å²) in [6.45, 7) is 0. The summed E-state index contributed by atoms with van der Waals surface area (Å²) in [7, 11) is 0. The molecule has 0 atom stereocenters. The van der Waals surface area contributed by atoms with E-state index in [2.05, 4.69) is 20.0 Å². The lowest BCUT2D eigenvalue weighted by Gasteiger charge is -2.07. The van der Waals surface area contributed by atoms with Crippen molar-refractivity contribution in [2.45, 2.75) is 0 Å². The molecule has 4 aromatic carbocycles. The molecule has 272 valence electrons. The zero-order chi connectivity index (χ0) is 37.9. The van der Waals surface area contributed by atoms with Gasteiger partial charge in [-0.3, -0.25) is 0 Å². The van der Waals surface area contributed by atoms with Gasteiger partial charge >= 0.3 is 17.9 Å². The molecule has 0 unspecified atom stereocenters. The minimum absolute atomic E-state index is 0. The van der Waals surface area contributed by atoms with Crippen molar-refractivity contribution in [3.05, 3.63) is 154 Å². The lowest BCUT2D eigenvalue weighted by molar-refractivity contribution is -0.255. The summed E-state index contributed by atoms with van der Waals surface area (Å²) in [4.78, 5) is 64.7. The number of benzene rings is 6. The SMILES string of the molecule is O=C(O)c1cc(N=c2ccc3nc4ccccc4sc-3c2)cc(C(=O)O)c1.O=C([O-])c1cc(N=c2ccc3nc4ccccc4sc-3c2)cc(C(=O)O)c1.[NH4+]. The van der Waals surface area contributed by atoms with Gasteiger partial charge in [0, 0.05) is 5.56 Å². The van der Waals surface area contributed by atoms with Crippen molar-refractivity contribution in [1.82, 2.24) is 16.1 Å². The highest BCUT2D eigenvalue weighted by molar-refractivity contribution is 7.21. The molecule has 0 bridgehead atoms. The van der Waals surface area contributed by atoms with Crippen LogP contribution in [0.25, 0.3) is 41.6 Å². The fourth-order valence-corrected chi connectivity index (χ4v) is 7.40. The zero-order valence-electron chi connectivity index (χ0n) is 28.5. The third-order valence-corrected chi connectivity index (χ3v) is 10.1. The Balaban J connectivity index is 0.000000184. The molecular weight excluding hydrogens is 743 g/mol. The van der Waals surface area contributed by atoms with Gasteiger partial charge in [-0.15, -0.1) is 22.7 Å². The summed E-state index contributed by atoms with van der Waals surface area (Å²) >= 11 is 3.15. The lowest BCUT2D eigenvalue weighted by Crippen LogP contribution is -2.22. The number of fused-ring (bicyclic) bond motifs is 4. The summed E-state index contributed by atoms with van der Waals surface area (Å²) in [5.74, 6) is -5.09. The minimum Gasteiger partial charge on any atom is -0.545 e. The highest BCUT2D eigenvalue weighted by Crippen LogP contribution is 2.30. The largest absolute Gasteiger partial charge is 0.545 e. The fourth-order valence-electron chi connectivity index (χ4n) is 5.40. The van der Waals surface area contributed by atoms with Gasteiger partial charge in [-0.1, -0.05) is 24.3 Å². The first-order valence-corrected chi connectivity index (χ1v) is 17.5. The predicted octanol–water partition coefficient (Wildman–Crippen LogP) is 7.10. The molecule has 0 saturated heterocycles. The van der Waals surface area contributed by atoms with Crippen molar-refractivity contribution in [2.75, 3.05) is 0 Å². The van der Waals surface area contributed by atoms with Crippen molar-refractivity contribution in [3.8, 4) is 21.1 Å². The van der Waals surface area contributed by atoms with Crippen LogP contribution in [0.15, 0.2) is 131 Å². The number of carboxylic acids is 4. The van der Waals surface area contributed by atoms with Crippen LogP contribution in [0.2, 0.25) is 0 Å². The molecule has 0 aromatic heterocycles. The first-order chi connectivity index (χ1) is 26.0. The van der Waals surface area contributed by atoms with Gasteiger partial charge in [0.15, 0.2) is 0 Å². The van der Waals surface area contributed by atoms with E-state index < -0.39 is 23.9 Å². The van der Waals surface area contributed by atoms with Crippen molar-refractivity contribution in [1.29, 1.82) is 0 Å². The van der Waals surface area contributed by atoms with Crippen LogP contribution in [0.3, 0.4) is 0 Å². The number of aromatic carboxylic acids is 4. The van der Waals surface area contributed by atoms with Gasteiger partial charge in [-0.2, -0.15) is 0 Å². The lowest BCUT2D eigenvalue weighted by atomic mass is 10.1. The maximum absolute atomic E-state index is 11.2. The molecular formula is C40H27N5O8S2. The molecule has 2 heterocycles. The Morgan fingerprint density at radius 2 is 0.891 bits per heavy atom. The average Bonchev–Trinajstić information content (AvgIpc) is 3.16. The molecule has 2 aliphatic carbocycles. The maximum Gasteiger partial charge on any atom is 0.335 e. The van der Waals surface area contributed by atoms with Gasteiger partial charge in [-0.25, -0.2) is 34.3 Å². The minimum atomic E-state index is -1.45. The molecule has 15 heteroatoms. The number of rotatable bonds is 6. The highest BCUT2D eigenvalue weighted by Gasteiger charge is 2.13. The van der Waals surface area contributed by atoms with E-state index in [0.29, 0.717) is 10.7 Å². The summed E-state index contributed by atoms with van der Waals surface area (Å²) < 4.78 is 2.08. The van der Waals surface area contributed by atoms with Crippen LogP contribution in [0.4, 0.5) is 11.4 Å². The van der Waals surface area contributed by atoms with Crippen molar-refractivity contribution >= 4 is 78.4 Å². The Bertz CT molecular complexity index is 2630. The number of carbonyl (C=O) groups excluding carboxylic acids is 1. The van der Waals surface area contributed by atoms with Crippen LogP contribution in [0.5, 0.6) is 0 Å². The molecule has 8 rings (SSSR count). The second kappa shape index (κ2) is 15.8. The van der Waals surface area contributed by atoms with Gasteiger partial charge in [-0.05, 0) is 97.1 Å². The molecule has 0 amide bonds. The Hall–Kier alpha value is -7.20. The van der Waals surface area contributed by atoms with E-state index in [4.69, 9.17) is 5.11 Å². The fraction of sp³-hybridized carbons (Fsp3) is 0. The van der Waals surface area contributed by atoms with Gasteiger partial charge < -0.3 is 31.4 Å². The van der Waals surface area contributed by atoms with E-state index >= 15 is 0 Å². The Morgan fingerprint density at radius 1 is 0.509 bits per heavy atom. The first-order valence-electron chi connectivity index (χ1n) is 15.9. The highest BCUT2D eigenvalue weighted by atomic mass is 32.1. The standard InChI is InChI=1S/2C20H12N2O4S.H3N/c2*23-19(24)11-7-12(20(25)26)9-14(8-11)21-13-5-6-16-18(10-13)27-17-4-2-1-3-15(17)22-16;/h2*1-10H,(H,23,24)(H,25,26);1H3. The molecule has 0 spiro atoms. The summed E-state index contributed by atoms with van der Waals surface area (Å²) in [6.07, 6.45) is 0. The summed E-state index contributed by atoms with van der Waals surface area (Å²) in [5.41, 5.74) is 3.35. The van der Waals surface area contributed by atoms with Crippen molar-refractivity contribution in [3.63, 3.8) is 0 Å². The van der Waals surface area contributed by atoms with Crippen LogP contribution >= 0.6 is 22.7 Å². The van der Waals surface area contributed by atoms with Gasteiger partial charge in [0.05, 0.1) is 86.3 Å². The average molecular weight is 770 g/mol. The summed E-state index contributed by atoms with van der Waals surface area (Å²) in [6, 6.07) is 34.0. The molecule has 13 nitrogen and oxygen atoms in total. The molecule has 0 saturated carbocycles. The smallest absolute Gasteiger partial charge is 0.335 e. The van der Waals surface area contributed by atoms with Gasteiger partial charge in [0.25, 0.3) is 0 Å². The van der Waals surface area contributed by atoms with Gasteiger partial charge in [0.2, 0.25) is 0 Å². The van der Waals surface area contributed by atoms with Crippen LogP contribution in [-0.4, -0.2) is 49.2 Å². The third-order valence-electron chi connectivity index (χ3n) is 7.87. The topological polar surface area (TPSA) is 239 Å². The molecule has 4 aromatic rings. The number of carboxylic acid groups (broad SMARTS) is 4. The quantitative estimate of drug-likeness (QED) is 0.125. The van der Waals surface area contributed by atoms with E-state index in [1.165, 1.54) is 24.3 Å². The first kappa shape index (κ1) is 37.6.